The van der Waals surface area contributed by atoms with Gasteiger partial charge in [0.1, 0.15) is 67.5 Å². The monoisotopic (exact) mass is 1710 g/mol. The van der Waals surface area contributed by atoms with E-state index in [1.54, 1.807) is 0 Å². The van der Waals surface area contributed by atoms with Crippen LogP contribution in [0.4, 0.5) is 17.7 Å². The Hall–Kier alpha value is -4.85. The van der Waals surface area contributed by atoms with Crippen LogP contribution in [0, 0.1) is 25.7 Å². The number of nitrogens with one attached hydrogen (secondary N) is 4. The van der Waals surface area contributed by atoms with Crippen molar-refractivity contribution in [3.63, 3.8) is 0 Å². The highest BCUT2D eigenvalue weighted by molar-refractivity contribution is 8.60. The summed E-state index contributed by atoms with van der Waals surface area (Å²) in [7, 11) is 1.12. The number of hydrogen-bond donors (Lipinski definition) is 12. The summed E-state index contributed by atoms with van der Waals surface area (Å²) in [6.07, 6.45) is -10.4. The van der Waals surface area contributed by atoms with Gasteiger partial charge in [-0.05, 0) is 85.4 Å². The Labute approximate surface area is 632 Å². The molecular formula is C53H72N17O26P5S6. The number of hydrogen-bond acceptors (Lipinski definition) is 35. The lowest BCUT2D eigenvalue weighted by molar-refractivity contribution is -0.0530. The van der Waals surface area contributed by atoms with E-state index in [1.807, 2.05) is 13.8 Å². The molecule has 10 unspecified atom stereocenters. The third-order valence-electron chi connectivity index (χ3n) is 17.8. The van der Waals surface area contributed by atoms with Crippen molar-refractivity contribution in [3.05, 3.63) is 121 Å². The van der Waals surface area contributed by atoms with Gasteiger partial charge in [-0.2, -0.15) is 15.0 Å². The molecule has 5 saturated heterocycles. The quantitative estimate of drug-likeness (QED) is 0.0226. The number of H-pyrrole nitrogens is 4. The lowest BCUT2D eigenvalue weighted by Crippen LogP contribution is -2.33. The summed E-state index contributed by atoms with van der Waals surface area (Å²) in [5, 5.41) is 0. The Kier molecular flexibility index (Phi) is 24.9. The summed E-state index contributed by atoms with van der Waals surface area (Å²) in [4.78, 5) is 154. The van der Waals surface area contributed by atoms with Crippen LogP contribution in [-0.2, 0) is 121 Å². The first kappa shape index (κ1) is 81.6. The summed E-state index contributed by atoms with van der Waals surface area (Å²) in [6, 6.07) is 1.46. The highest BCUT2D eigenvalue weighted by Gasteiger charge is 2.49. The number of aromatic amines is 4. The smallest absolute Gasteiger partial charge is 0.383 e. The maximum absolute atomic E-state index is 14.4. The fourth-order valence-electron chi connectivity index (χ4n) is 12.6. The summed E-state index contributed by atoms with van der Waals surface area (Å²) >= 11 is 31.1. The molecule has 7 aromatic heterocycles. The van der Waals surface area contributed by atoms with Gasteiger partial charge < -0.3 is 91.8 Å². The van der Waals surface area contributed by atoms with Crippen molar-refractivity contribution in [2.75, 3.05) is 57.3 Å². The first-order valence-electron chi connectivity index (χ1n) is 32.2. The molecule has 54 heteroatoms. The number of nitrogens with two attached hydrogens (primary N) is 3. The van der Waals surface area contributed by atoms with Gasteiger partial charge in [0.2, 0.25) is 17.6 Å². The van der Waals surface area contributed by atoms with Gasteiger partial charge in [-0.25, -0.2) is 28.9 Å². The third-order valence-corrected chi connectivity index (χ3v) is 26.5. The molecule has 5 aliphatic rings. The zero-order valence-corrected chi connectivity index (χ0v) is 66.0. The molecule has 20 atom stereocenters. The van der Waals surface area contributed by atoms with Gasteiger partial charge in [0.05, 0.1) is 70.1 Å². The number of imidazole rings is 2. The molecule has 12 heterocycles. The average molecular weight is 1710 g/mol. The number of aryl methyl sites for hydroxylation is 2. The molecular weight excluding hydrogens is 1640 g/mol. The normalized spacial score (nSPS) is 29.0. The summed E-state index contributed by atoms with van der Waals surface area (Å²) in [6.45, 7) is -13.2. The minimum absolute atomic E-state index is 0.000141. The predicted octanol–water partition coefficient (Wildman–Crippen LogP) is 1.80. The van der Waals surface area contributed by atoms with E-state index < -0.39 is 184 Å². The number of nitrogens with zero attached hydrogens (tertiary/aromatic N) is 10. The molecule has 43 nitrogen and oxygen atoms in total. The van der Waals surface area contributed by atoms with Gasteiger partial charge in [0.25, 0.3) is 22.2 Å². The van der Waals surface area contributed by atoms with E-state index in [-0.39, 0.29) is 95.3 Å². The van der Waals surface area contributed by atoms with Crippen molar-refractivity contribution in [2.45, 2.75) is 146 Å². The highest BCUT2D eigenvalue weighted by atomic mass is 32.9. The van der Waals surface area contributed by atoms with Crippen molar-refractivity contribution >= 4 is 144 Å². The van der Waals surface area contributed by atoms with E-state index in [0.29, 0.717) is 6.42 Å². The third kappa shape index (κ3) is 19.3. The van der Waals surface area contributed by atoms with Gasteiger partial charge in [-0.15, -0.1) is 0 Å². The van der Waals surface area contributed by atoms with Crippen LogP contribution in [0.25, 0.3) is 22.3 Å². The van der Waals surface area contributed by atoms with Crippen LogP contribution in [0.1, 0.15) is 88.2 Å². The lowest BCUT2D eigenvalue weighted by atomic mass is 9.89. The number of nitrogen functional groups attached to an aromatic ring is 3. The SMILES string of the molecule is COP(O)(=S)OCC1O[C@@H](n2cnc3c(=O)[nH]c(N)nc32)C[C@H]1OP(=O)(S)OCC1O[C@@H](n2cc(C)c(=O)[nH]c2=O)C[C@H]1OP(O)(=S)OCC1O[C@@H](n2cnc3c(=O)[nH]c(N)nc32)C[C@H]1OP(=S)(S)OCC1O[C@@H](n2cc(C)c(=O)[nH]c2=O)C[C@H]1OP(O)(=S)OCC1O[C@@H](n2ccc(N)nc2=O)C[C@H]1C(C)C. The van der Waals surface area contributed by atoms with Crippen molar-refractivity contribution in [3.8, 4) is 0 Å². The Morgan fingerprint density at radius 1 is 0.533 bits per heavy atom. The van der Waals surface area contributed by atoms with Crippen LogP contribution < -0.4 is 56.5 Å². The second-order valence-electron chi connectivity index (χ2n) is 25.4. The van der Waals surface area contributed by atoms with E-state index in [1.165, 1.54) is 64.9 Å². The molecule has 12 rings (SSSR count). The zero-order chi connectivity index (χ0) is 77.1. The van der Waals surface area contributed by atoms with Gasteiger partial charge >= 0.3 is 44.0 Å². The fraction of sp³-hybridized carbons (Fsp3) is 0.585. The molecule has 5 fully saturated rings. The summed E-state index contributed by atoms with van der Waals surface area (Å²) < 4.78 is 111. The molecule has 5 aliphatic heterocycles. The van der Waals surface area contributed by atoms with Crippen LogP contribution in [-0.4, -0.2) is 177 Å². The Balaban J connectivity index is 0.756. The van der Waals surface area contributed by atoms with Crippen LogP contribution in [0.15, 0.2) is 70.9 Å². The first-order chi connectivity index (χ1) is 50.3. The lowest BCUT2D eigenvalue weighted by Gasteiger charge is -2.29. The van der Waals surface area contributed by atoms with Gasteiger partial charge in [-0.1, -0.05) is 38.3 Å². The minimum atomic E-state index is -4.62. The van der Waals surface area contributed by atoms with E-state index in [9.17, 15) is 52.8 Å². The largest absolute Gasteiger partial charge is 0.386 e. The molecule has 0 bridgehead atoms. The number of aromatic nitrogens is 14. The molecule has 0 amide bonds. The van der Waals surface area contributed by atoms with E-state index >= 15 is 0 Å². The molecule has 0 aliphatic carbocycles. The Morgan fingerprint density at radius 2 is 0.925 bits per heavy atom. The Bertz CT molecular complexity index is 5220. The predicted molar refractivity (Wildman–Crippen MR) is 397 cm³/mol. The number of fused-ring (bicyclic) bond motifs is 2. The standard InChI is InChI=1S/C53H72N17O26P5S6/c1-22(2)25-8-36(66-7-6-35(54)59-51(66)75)88-30(25)15-84-98(79,103)94-27-10-38(68-14-24(4)46(72)65-53(68)77)90-34(27)19-87-101(106,107)96-29-12-40(70-21-58-42-44(70)61-50(56)63-48(42)74)92-33(29)18-86-100(81,105)93-26-9-37(67-13-23(3)45(71)64-52(67)76)89-32(26)17-85-99(80,104)95-28-11-39(91-31(28)16-83-97(78,102)82-5)69-20-57-41-43(69)60-49(55)62-47(41)73/h6-7,13-14,20-22,25-34,36-40H,8-12,15-19H2,1-5H3,(H,78,102)(H,79,103)(H,80,104)(H,81,105)(H,106,107)(H2,54,59,75)(H,64,71,76)(H,65,72,77)(H3,55,60,62,73)(H3,56,61,63,74)/t25-,26+,27+,28+,29+,30?,31?,32?,33?,34?,36+,37+,38+,39+,40+,97?,98?,99?,100?/m0/s1. The van der Waals surface area contributed by atoms with Crippen LogP contribution in [0.3, 0.4) is 0 Å². The number of rotatable bonds is 30. The fourth-order valence-corrected chi connectivity index (χ4v) is 19.7. The zero-order valence-electron chi connectivity index (χ0n) is 56.5. The van der Waals surface area contributed by atoms with E-state index in [2.05, 4.69) is 57.1 Å². The van der Waals surface area contributed by atoms with Crippen LogP contribution in [0.2, 0.25) is 0 Å². The molecule has 0 spiro atoms. The van der Waals surface area contributed by atoms with E-state index in [0.717, 1.165) is 16.2 Å². The second-order valence-corrected chi connectivity index (χ2v) is 42.0. The molecule has 0 aromatic carbocycles. The van der Waals surface area contributed by atoms with E-state index in [4.69, 9.17) is 146 Å². The van der Waals surface area contributed by atoms with Gasteiger partial charge in [0.15, 0.2) is 22.3 Å². The van der Waals surface area contributed by atoms with Crippen molar-refractivity contribution in [1.29, 1.82) is 0 Å². The molecule has 0 saturated carbocycles. The van der Waals surface area contributed by atoms with Crippen LogP contribution >= 0.6 is 57.1 Å². The maximum Gasteiger partial charge on any atom is 0.386 e. The highest BCUT2D eigenvalue weighted by Crippen LogP contribution is 2.60. The summed E-state index contributed by atoms with van der Waals surface area (Å²) in [5.74, 6) is -0.678. The molecule has 586 valence electrons. The minimum Gasteiger partial charge on any atom is -0.383 e. The number of thiol groups is 2. The van der Waals surface area contributed by atoms with Crippen molar-refractivity contribution < 1.29 is 88.2 Å². The second kappa shape index (κ2) is 32.7. The number of ether oxygens (including phenoxy) is 5. The first-order valence-corrected chi connectivity index (χ1v) is 46.4. The molecule has 13 N–H and O–H groups in total. The average Bonchev–Trinajstić information content (AvgIpc) is 1.64. The maximum atomic E-state index is 14.4. The molecule has 0 radical (unpaired) electrons. The van der Waals surface area contributed by atoms with Crippen LogP contribution in [0.5, 0.6) is 0 Å². The molecule has 7 aromatic rings. The van der Waals surface area contributed by atoms with Crippen molar-refractivity contribution in [2.24, 2.45) is 11.8 Å². The van der Waals surface area contributed by atoms with Gasteiger partial charge in [-0.3, -0.25) is 71.0 Å². The Morgan fingerprint density at radius 3 is 1.37 bits per heavy atom. The number of anilines is 3. The molecule has 107 heavy (non-hydrogen) atoms. The summed E-state index contributed by atoms with van der Waals surface area (Å²) in [5.41, 5.74) is 8.58. The topological polar surface area (TPSA) is 566 Å². The van der Waals surface area contributed by atoms with Crippen molar-refractivity contribution in [1.82, 2.24) is 67.7 Å². The van der Waals surface area contributed by atoms with Gasteiger partial charge in [0, 0.05) is 62.5 Å².